The molecule has 20 heavy (non-hydrogen) atoms. The van der Waals surface area contributed by atoms with E-state index in [9.17, 15) is 8.42 Å². The summed E-state index contributed by atoms with van der Waals surface area (Å²) in [4.78, 5) is 0.303. The molecule has 0 aromatic heterocycles. The highest BCUT2D eigenvalue weighted by molar-refractivity contribution is 7.89. The zero-order chi connectivity index (χ0) is 14.8. The molecule has 5 heteroatoms. The molecule has 1 fully saturated rings. The highest BCUT2D eigenvalue weighted by Crippen LogP contribution is 2.28. The van der Waals surface area contributed by atoms with Crippen molar-refractivity contribution in [3.63, 3.8) is 0 Å². The SMILES string of the molecule is CC(N)c1cccc(S(=O)(=O)NC(C)C2CCCC2)c1. The zero-order valence-corrected chi connectivity index (χ0v) is 13.0. The second-order valence-electron chi connectivity index (χ2n) is 5.82. The average Bonchev–Trinajstić information content (AvgIpc) is 2.92. The molecule has 1 aromatic rings. The summed E-state index contributed by atoms with van der Waals surface area (Å²) in [6.07, 6.45) is 4.64. The molecule has 1 aliphatic carbocycles. The molecule has 0 heterocycles. The van der Waals surface area contributed by atoms with Crippen LogP contribution >= 0.6 is 0 Å². The Morgan fingerprint density at radius 3 is 2.50 bits per heavy atom. The molecule has 0 amide bonds. The second kappa shape index (κ2) is 6.24. The van der Waals surface area contributed by atoms with Crippen LogP contribution in [-0.4, -0.2) is 14.5 Å². The van der Waals surface area contributed by atoms with Crippen LogP contribution < -0.4 is 10.5 Å². The van der Waals surface area contributed by atoms with Crippen molar-refractivity contribution in [2.24, 2.45) is 11.7 Å². The maximum absolute atomic E-state index is 12.4. The fourth-order valence-electron chi connectivity index (χ4n) is 2.83. The lowest BCUT2D eigenvalue weighted by molar-refractivity contribution is 0.424. The molecule has 1 aliphatic rings. The quantitative estimate of drug-likeness (QED) is 0.877. The first-order valence-corrected chi connectivity index (χ1v) is 8.76. The summed E-state index contributed by atoms with van der Waals surface area (Å²) in [5.41, 5.74) is 6.65. The van der Waals surface area contributed by atoms with E-state index in [2.05, 4.69) is 4.72 Å². The number of nitrogens with two attached hydrogens (primary N) is 1. The standard InChI is InChI=1S/C15H24N2O2S/c1-11(16)14-8-5-9-15(10-14)20(18,19)17-12(2)13-6-3-4-7-13/h5,8-13,17H,3-4,6-7,16H2,1-2H3. The van der Waals surface area contributed by atoms with Gasteiger partial charge in [0.1, 0.15) is 0 Å². The number of rotatable bonds is 5. The summed E-state index contributed by atoms with van der Waals surface area (Å²) in [5.74, 6) is 0.460. The van der Waals surface area contributed by atoms with Crippen molar-refractivity contribution in [2.45, 2.75) is 56.5 Å². The molecule has 0 spiro atoms. The molecule has 3 N–H and O–H groups in total. The van der Waals surface area contributed by atoms with Crippen LogP contribution in [0.15, 0.2) is 29.2 Å². The van der Waals surface area contributed by atoms with E-state index in [4.69, 9.17) is 5.73 Å². The summed E-state index contributed by atoms with van der Waals surface area (Å²) in [6.45, 7) is 3.81. The summed E-state index contributed by atoms with van der Waals surface area (Å²) in [5, 5.41) is 0. The fourth-order valence-corrected chi connectivity index (χ4v) is 4.20. The van der Waals surface area contributed by atoms with Crippen LogP contribution in [0, 0.1) is 5.92 Å². The second-order valence-corrected chi connectivity index (χ2v) is 7.53. The first kappa shape index (κ1) is 15.5. The first-order chi connectivity index (χ1) is 9.40. The van der Waals surface area contributed by atoms with Gasteiger partial charge < -0.3 is 5.73 Å². The minimum absolute atomic E-state index is 0.0125. The predicted molar refractivity (Wildman–Crippen MR) is 80.8 cm³/mol. The van der Waals surface area contributed by atoms with E-state index in [0.29, 0.717) is 10.8 Å². The van der Waals surface area contributed by atoms with Gasteiger partial charge in [-0.3, -0.25) is 0 Å². The van der Waals surface area contributed by atoms with Gasteiger partial charge in [-0.2, -0.15) is 0 Å². The molecular formula is C15H24N2O2S. The summed E-state index contributed by atoms with van der Waals surface area (Å²) in [6, 6.07) is 6.69. The Morgan fingerprint density at radius 1 is 1.25 bits per heavy atom. The van der Waals surface area contributed by atoms with Crippen LogP contribution in [0.2, 0.25) is 0 Å². The fraction of sp³-hybridized carbons (Fsp3) is 0.600. The van der Waals surface area contributed by atoms with E-state index >= 15 is 0 Å². The lowest BCUT2D eigenvalue weighted by atomic mass is 10.0. The number of sulfonamides is 1. The van der Waals surface area contributed by atoms with E-state index in [1.54, 1.807) is 18.2 Å². The Kier molecular flexibility index (Phi) is 4.83. The van der Waals surface area contributed by atoms with Crippen LogP contribution in [0.3, 0.4) is 0 Å². The molecule has 1 saturated carbocycles. The predicted octanol–water partition coefficient (Wildman–Crippen LogP) is 2.56. The highest BCUT2D eigenvalue weighted by atomic mass is 32.2. The molecular weight excluding hydrogens is 272 g/mol. The lowest BCUT2D eigenvalue weighted by Gasteiger charge is -2.20. The van der Waals surface area contributed by atoms with E-state index in [1.807, 2.05) is 19.9 Å². The normalized spacial score (nSPS) is 19.9. The molecule has 1 aromatic carbocycles. The van der Waals surface area contributed by atoms with Crippen molar-refractivity contribution >= 4 is 10.0 Å². The Balaban J connectivity index is 2.15. The third kappa shape index (κ3) is 3.59. The van der Waals surface area contributed by atoms with E-state index in [0.717, 1.165) is 18.4 Å². The molecule has 0 bridgehead atoms. The van der Waals surface area contributed by atoms with Gasteiger partial charge in [0.25, 0.3) is 0 Å². The van der Waals surface area contributed by atoms with Gasteiger partial charge >= 0.3 is 0 Å². The zero-order valence-electron chi connectivity index (χ0n) is 12.2. The Morgan fingerprint density at radius 2 is 1.90 bits per heavy atom. The van der Waals surface area contributed by atoms with Crippen LogP contribution in [-0.2, 0) is 10.0 Å². The molecule has 0 saturated heterocycles. The molecule has 2 unspecified atom stereocenters. The van der Waals surface area contributed by atoms with Gasteiger partial charge in [0.2, 0.25) is 10.0 Å². The van der Waals surface area contributed by atoms with Crippen LogP contribution in [0.4, 0.5) is 0 Å². The maximum atomic E-state index is 12.4. The minimum atomic E-state index is -3.46. The summed E-state index contributed by atoms with van der Waals surface area (Å²) >= 11 is 0. The number of hydrogen-bond donors (Lipinski definition) is 2. The summed E-state index contributed by atoms with van der Waals surface area (Å²) < 4.78 is 27.7. The van der Waals surface area contributed by atoms with Gasteiger partial charge in [-0.15, -0.1) is 0 Å². The van der Waals surface area contributed by atoms with Gasteiger partial charge in [-0.05, 0) is 50.3 Å². The Labute approximate surface area is 121 Å². The third-order valence-corrected chi connectivity index (χ3v) is 5.70. The van der Waals surface area contributed by atoms with Crippen molar-refractivity contribution < 1.29 is 8.42 Å². The van der Waals surface area contributed by atoms with Crippen molar-refractivity contribution in [1.29, 1.82) is 0 Å². The molecule has 112 valence electrons. The first-order valence-electron chi connectivity index (χ1n) is 7.28. The van der Waals surface area contributed by atoms with Gasteiger partial charge in [-0.1, -0.05) is 25.0 Å². The molecule has 4 nitrogen and oxygen atoms in total. The molecule has 2 rings (SSSR count). The number of nitrogens with one attached hydrogen (secondary N) is 1. The highest BCUT2D eigenvalue weighted by Gasteiger charge is 2.26. The average molecular weight is 296 g/mol. The smallest absolute Gasteiger partial charge is 0.240 e. The lowest BCUT2D eigenvalue weighted by Crippen LogP contribution is -2.37. The van der Waals surface area contributed by atoms with Crippen molar-refractivity contribution in [1.82, 2.24) is 4.72 Å². The third-order valence-electron chi connectivity index (χ3n) is 4.14. The van der Waals surface area contributed by atoms with Gasteiger partial charge in [0.05, 0.1) is 4.90 Å². The van der Waals surface area contributed by atoms with Gasteiger partial charge in [0.15, 0.2) is 0 Å². The molecule has 0 radical (unpaired) electrons. The Hall–Kier alpha value is -0.910. The van der Waals surface area contributed by atoms with Crippen molar-refractivity contribution in [3.8, 4) is 0 Å². The van der Waals surface area contributed by atoms with E-state index in [1.165, 1.54) is 12.8 Å². The molecule has 0 aliphatic heterocycles. The minimum Gasteiger partial charge on any atom is -0.324 e. The van der Waals surface area contributed by atoms with Gasteiger partial charge in [0, 0.05) is 12.1 Å². The van der Waals surface area contributed by atoms with Crippen LogP contribution in [0.1, 0.15) is 51.1 Å². The monoisotopic (exact) mass is 296 g/mol. The van der Waals surface area contributed by atoms with Crippen LogP contribution in [0.25, 0.3) is 0 Å². The largest absolute Gasteiger partial charge is 0.324 e. The van der Waals surface area contributed by atoms with Crippen molar-refractivity contribution in [2.75, 3.05) is 0 Å². The topological polar surface area (TPSA) is 72.2 Å². The summed E-state index contributed by atoms with van der Waals surface area (Å²) in [7, 11) is -3.46. The van der Waals surface area contributed by atoms with Gasteiger partial charge in [-0.25, -0.2) is 13.1 Å². The maximum Gasteiger partial charge on any atom is 0.240 e. The number of benzene rings is 1. The number of hydrogen-bond acceptors (Lipinski definition) is 3. The van der Waals surface area contributed by atoms with Crippen LogP contribution in [0.5, 0.6) is 0 Å². The van der Waals surface area contributed by atoms with E-state index in [-0.39, 0.29) is 12.1 Å². The van der Waals surface area contributed by atoms with E-state index < -0.39 is 10.0 Å². The Bertz CT molecular complexity index is 549. The molecule has 2 atom stereocenters. The van der Waals surface area contributed by atoms with Crippen molar-refractivity contribution in [3.05, 3.63) is 29.8 Å².